The molecular formula is C12H16FNO2S. The Labute approximate surface area is 104 Å². The van der Waals surface area contributed by atoms with Crippen molar-refractivity contribution in [1.29, 1.82) is 0 Å². The number of hydrogen-bond donors (Lipinski definition) is 2. The monoisotopic (exact) mass is 257 g/mol. The third kappa shape index (κ3) is 4.75. The fraction of sp³-hybridized carbons (Fsp3) is 0.417. The van der Waals surface area contributed by atoms with E-state index in [0.717, 1.165) is 18.7 Å². The molecule has 0 aromatic heterocycles. The lowest BCUT2D eigenvalue weighted by Gasteiger charge is -2.06. The molecule has 3 nitrogen and oxygen atoms in total. The molecular weight excluding hydrogens is 241 g/mol. The molecule has 0 heterocycles. The number of nitrogens with one attached hydrogen (secondary N) is 1. The van der Waals surface area contributed by atoms with Gasteiger partial charge >= 0.3 is 5.97 Å². The van der Waals surface area contributed by atoms with Crippen LogP contribution in [-0.4, -0.2) is 29.6 Å². The maximum atomic E-state index is 13.4. The summed E-state index contributed by atoms with van der Waals surface area (Å²) in [6.07, 6.45) is 3.05. The first-order chi connectivity index (χ1) is 8.15. The van der Waals surface area contributed by atoms with Gasteiger partial charge in [0.1, 0.15) is 5.82 Å². The molecule has 0 atom stereocenters. The zero-order valence-corrected chi connectivity index (χ0v) is 10.5. The summed E-state index contributed by atoms with van der Waals surface area (Å²) in [5, 5.41) is 11.9. The number of rotatable bonds is 7. The lowest BCUT2D eigenvalue weighted by atomic mass is 10.1. The lowest BCUT2D eigenvalue weighted by Crippen LogP contribution is -2.16. The van der Waals surface area contributed by atoms with Crippen LogP contribution < -0.4 is 5.32 Å². The largest absolute Gasteiger partial charge is 0.478 e. The third-order valence-electron chi connectivity index (χ3n) is 2.31. The van der Waals surface area contributed by atoms with Crippen molar-refractivity contribution in [2.75, 3.05) is 18.6 Å². The Morgan fingerprint density at radius 2 is 2.29 bits per heavy atom. The Morgan fingerprint density at radius 3 is 2.94 bits per heavy atom. The van der Waals surface area contributed by atoms with Gasteiger partial charge in [-0.1, -0.05) is 0 Å². The summed E-state index contributed by atoms with van der Waals surface area (Å²) in [6.45, 7) is 1.17. The number of benzene rings is 1. The molecule has 0 saturated carbocycles. The van der Waals surface area contributed by atoms with Crippen molar-refractivity contribution in [3.05, 3.63) is 35.1 Å². The van der Waals surface area contributed by atoms with Crippen LogP contribution in [0.3, 0.4) is 0 Å². The quantitative estimate of drug-likeness (QED) is 0.736. The fourth-order valence-electron chi connectivity index (χ4n) is 1.41. The van der Waals surface area contributed by atoms with Crippen molar-refractivity contribution < 1.29 is 14.3 Å². The van der Waals surface area contributed by atoms with Crippen LogP contribution in [0.25, 0.3) is 0 Å². The number of aromatic carboxylic acids is 1. The van der Waals surface area contributed by atoms with Crippen molar-refractivity contribution in [3.63, 3.8) is 0 Å². The summed E-state index contributed by atoms with van der Waals surface area (Å²) in [6, 6.07) is 3.84. The van der Waals surface area contributed by atoms with E-state index in [1.807, 2.05) is 6.26 Å². The van der Waals surface area contributed by atoms with Gasteiger partial charge in [0, 0.05) is 12.1 Å². The molecule has 1 aromatic rings. The minimum absolute atomic E-state index is 0.118. The second kappa shape index (κ2) is 7.29. The highest BCUT2D eigenvalue weighted by Crippen LogP contribution is 2.10. The molecule has 0 aliphatic carbocycles. The van der Waals surface area contributed by atoms with E-state index in [2.05, 4.69) is 5.32 Å². The summed E-state index contributed by atoms with van der Waals surface area (Å²) in [5.41, 5.74) is 0.515. The summed E-state index contributed by atoms with van der Waals surface area (Å²) in [5.74, 6) is -0.342. The smallest absolute Gasteiger partial charge is 0.335 e. The van der Waals surface area contributed by atoms with E-state index in [0.29, 0.717) is 12.1 Å². The first-order valence-corrected chi connectivity index (χ1v) is 6.76. The number of carboxylic acids is 1. The SMILES string of the molecule is CSCCCNCc1cc(C(=O)O)ccc1F. The zero-order valence-electron chi connectivity index (χ0n) is 9.70. The Hall–Kier alpha value is -1.07. The van der Waals surface area contributed by atoms with Crippen molar-refractivity contribution in [1.82, 2.24) is 5.32 Å². The average molecular weight is 257 g/mol. The first kappa shape index (κ1) is 14.0. The van der Waals surface area contributed by atoms with Crippen LogP contribution in [0.4, 0.5) is 4.39 Å². The van der Waals surface area contributed by atoms with Gasteiger partial charge in [-0.15, -0.1) is 0 Å². The van der Waals surface area contributed by atoms with E-state index in [1.165, 1.54) is 18.2 Å². The van der Waals surface area contributed by atoms with E-state index in [4.69, 9.17) is 5.11 Å². The van der Waals surface area contributed by atoms with Crippen molar-refractivity contribution >= 4 is 17.7 Å². The molecule has 0 unspecified atom stereocenters. The topological polar surface area (TPSA) is 49.3 Å². The highest BCUT2D eigenvalue weighted by Gasteiger charge is 2.07. The Kier molecular flexibility index (Phi) is 6.00. The van der Waals surface area contributed by atoms with Crippen LogP contribution >= 0.6 is 11.8 Å². The van der Waals surface area contributed by atoms with Gasteiger partial charge in [0.25, 0.3) is 0 Å². The number of carboxylic acid groups (broad SMARTS) is 1. The van der Waals surface area contributed by atoms with Crippen molar-refractivity contribution in [2.45, 2.75) is 13.0 Å². The van der Waals surface area contributed by atoms with E-state index < -0.39 is 5.97 Å². The normalized spacial score (nSPS) is 10.5. The highest BCUT2D eigenvalue weighted by atomic mass is 32.2. The van der Waals surface area contributed by atoms with Crippen LogP contribution in [0.2, 0.25) is 0 Å². The van der Waals surface area contributed by atoms with Gasteiger partial charge < -0.3 is 10.4 Å². The molecule has 0 bridgehead atoms. The van der Waals surface area contributed by atoms with Gasteiger partial charge in [-0.05, 0) is 43.2 Å². The number of thioether (sulfide) groups is 1. The van der Waals surface area contributed by atoms with E-state index in [9.17, 15) is 9.18 Å². The number of carbonyl (C=O) groups is 1. The molecule has 0 radical (unpaired) electrons. The second-order valence-corrected chi connectivity index (χ2v) is 4.62. The van der Waals surface area contributed by atoms with Gasteiger partial charge in [-0.25, -0.2) is 9.18 Å². The van der Waals surface area contributed by atoms with Crippen LogP contribution in [0, 0.1) is 5.82 Å². The van der Waals surface area contributed by atoms with Crippen molar-refractivity contribution in [3.8, 4) is 0 Å². The van der Waals surface area contributed by atoms with Crippen molar-refractivity contribution in [2.24, 2.45) is 0 Å². The van der Waals surface area contributed by atoms with E-state index >= 15 is 0 Å². The minimum atomic E-state index is -1.03. The van der Waals surface area contributed by atoms with Gasteiger partial charge in [0.05, 0.1) is 5.56 Å². The van der Waals surface area contributed by atoms with E-state index in [-0.39, 0.29) is 11.4 Å². The highest BCUT2D eigenvalue weighted by molar-refractivity contribution is 7.98. The van der Waals surface area contributed by atoms with Gasteiger partial charge in [-0.2, -0.15) is 11.8 Å². The molecule has 17 heavy (non-hydrogen) atoms. The van der Waals surface area contributed by atoms with Crippen LogP contribution in [0.15, 0.2) is 18.2 Å². The predicted molar refractivity (Wildman–Crippen MR) is 68.1 cm³/mol. The first-order valence-electron chi connectivity index (χ1n) is 5.36. The molecule has 94 valence electrons. The van der Waals surface area contributed by atoms with Crippen LogP contribution in [0.1, 0.15) is 22.3 Å². The Morgan fingerprint density at radius 1 is 1.53 bits per heavy atom. The zero-order chi connectivity index (χ0) is 12.7. The summed E-state index contributed by atoms with van der Waals surface area (Å²) >= 11 is 1.77. The molecule has 0 fully saturated rings. The lowest BCUT2D eigenvalue weighted by molar-refractivity contribution is 0.0696. The van der Waals surface area contributed by atoms with Gasteiger partial charge in [0.2, 0.25) is 0 Å². The molecule has 0 spiro atoms. The summed E-state index contributed by atoms with van der Waals surface area (Å²) < 4.78 is 13.4. The molecule has 0 aliphatic heterocycles. The fourth-order valence-corrected chi connectivity index (χ4v) is 1.84. The molecule has 0 saturated heterocycles. The number of halogens is 1. The summed E-state index contributed by atoms with van der Waals surface area (Å²) in [4.78, 5) is 10.7. The van der Waals surface area contributed by atoms with Crippen LogP contribution in [0.5, 0.6) is 0 Å². The Bertz CT molecular complexity index is 385. The second-order valence-electron chi connectivity index (χ2n) is 3.63. The summed E-state index contributed by atoms with van der Waals surface area (Å²) in [7, 11) is 0. The molecule has 0 aliphatic rings. The van der Waals surface area contributed by atoms with Crippen LogP contribution in [-0.2, 0) is 6.54 Å². The maximum Gasteiger partial charge on any atom is 0.335 e. The molecule has 1 rings (SSSR count). The molecule has 2 N–H and O–H groups in total. The molecule has 0 amide bonds. The minimum Gasteiger partial charge on any atom is -0.478 e. The van der Waals surface area contributed by atoms with E-state index in [1.54, 1.807) is 11.8 Å². The standard InChI is InChI=1S/C12H16FNO2S/c1-17-6-2-5-14-8-10-7-9(12(15)16)3-4-11(10)13/h3-4,7,14H,2,5-6,8H2,1H3,(H,15,16). The molecule has 5 heteroatoms. The Balaban J connectivity index is 2.51. The predicted octanol–water partition coefficient (Wildman–Crippen LogP) is 2.37. The van der Waals surface area contributed by atoms with Gasteiger partial charge in [0.15, 0.2) is 0 Å². The maximum absolute atomic E-state index is 13.4. The molecule has 1 aromatic carbocycles. The average Bonchev–Trinajstić information content (AvgIpc) is 2.30. The third-order valence-corrected chi connectivity index (χ3v) is 3.01. The van der Waals surface area contributed by atoms with Gasteiger partial charge in [-0.3, -0.25) is 0 Å². The number of hydrogen-bond acceptors (Lipinski definition) is 3.